The molecule has 0 heterocycles. The van der Waals surface area contributed by atoms with Gasteiger partial charge in [0.05, 0.1) is 8.07 Å². The Labute approximate surface area is 138 Å². The largest absolute Gasteiger partial charge is 0.508 e. The highest BCUT2D eigenvalue weighted by atomic mass is 32.2. The van der Waals surface area contributed by atoms with Crippen molar-refractivity contribution in [3.63, 3.8) is 0 Å². The van der Waals surface area contributed by atoms with Gasteiger partial charge in [-0.25, -0.2) is 0 Å². The van der Waals surface area contributed by atoms with Gasteiger partial charge in [-0.1, -0.05) is 30.4 Å². The summed E-state index contributed by atoms with van der Waals surface area (Å²) in [5, 5.41) is 12.5. The molecule has 0 unspecified atom stereocenters. The lowest BCUT2D eigenvalue weighted by atomic mass is 10.1. The van der Waals surface area contributed by atoms with Gasteiger partial charge in [0.15, 0.2) is 0 Å². The molecule has 0 atom stereocenters. The first kappa shape index (κ1) is 17.0. The smallest absolute Gasteiger partial charge is 0.119 e. The molecule has 2 aromatic carbocycles. The number of aromatic hydroxyl groups is 1. The van der Waals surface area contributed by atoms with Crippen LogP contribution in [-0.2, 0) is 0 Å². The summed E-state index contributed by atoms with van der Waals surface area (Å²) < 4.78 is 0. The molecular formula is C18H25NOSSi. The minimum atomic E-state index is -1.52. The summed E-state index contributed by atoms with van der Waals surface area (Å²) in [4.78, 5) is 1.31. The van der Waals surface area contributed by atoms with Gasteiger partial charge in [0, 0.05) is 10.6 Å². The van der Waals surface area contributed by atoms with E-state index in [0.29, 0.717) is 5.75 Å². The van der Waals surface area contributed by atoms with E-state index in [1.54, 1.807) is 0 Å². The molecule has 0 radical (unpaired) electrons. The number of thioether (sulfide) groups is 1. The second-order valence-electron chi connectivity index (χ2n) is 6.59. The van der Waals surface area contributed by atoms with Crippen LogP contribution in [0, 0.1) is 20.8 Å². The fourth-order valence-electron chi connectivity index (χ4n) is 2.53. The maximum atomic E-state index is 9.93. The van der Waals surface area contributed by atoms with Crippen LogP contribution in [0.15, 0.2) is 35.2 Å². The summed E-state index contributed by atoms with van der Waals surface area (Å²) in [5.74, 6) is 0.398. The number of rotatable bonds is 4. The predicted octanol–water partition coefficient (Wildman–Crippen LogP) is 4.15. The number of phenolic OH excluding ortho intramolecular Hbond substituents is 1. The number of hydrogen-bond acceptors (Lipinski definition) is 3. The quantitative estimate of drug-likeness (QED) is 0.503. The fourth-order valence-corrected chi connectivity index (χ4v) is 6.94. The number of nitrogens with two attached hydrogens (primary N) is 1. The second-order valence-corrected chi connectivity index (χ2v) is 12.8. The molecule has 2 nitrogen and oxygen atoms in total. The van der Waals surface area contributed by atoms with Gasteiger partial charge in [0.25, 0.3) is 0 Å². The standard InChI is InChI=1S/C18H25NOSSi/c1-12-10-17(20)13(2)14(3)18(12)21-11-22(4,5)16-8-6-15(19)7-9-16/h6-10,20H,11,19H2,1-5H3. The topological polar surface area (TPSA) is 46.2 Å². The molecule has 0 spiro atoms. The summed E-state index contributed by atoms with van der Waals surface area (Å²) >= 11 is 1.92. The lowest BCUT2D eigenvalue weighted by molar-refractivity contribution is 0.469. The Morgan fingerprint density at radius 2 is 1.64 bits per heavy atom. The number of aryl methyl sites for hydroxylation is 1. The lowest BCUT2D eigenvalue weighted by Gasteiger charge is -2.24. The van der Waals surface area contributed by atoms with Crippen molar-refractivity contribution >= 4 is 30.7 Å². The third kappa shape index (κ3) is 3.50. The molecule has 118 valence electrons. The number of phenols is 1. The van der Waals surface area contributed by atoms with Crippen LogP contribution in [0.4, 0.5) is 5.69 Å². The molecule has 0 aromatic heterocycles. The maximum absolute atomic E-state index is 9.93. The highest BCUT2D eigenvalue weighted by molar-refractivity contribution is 8.01. The molecule has 0 bridgehead atoms. The molecule has 2 aromatic rings. The Balaban J connectivity index is 2.22. The SMILES string of the molecule is Cc1cc(O)c(C)c(C)c1SC[Si](C)(C)c1ccc(N)cc1. The maximum Gasteiger partial charge on any atom is 0.119 e. The van der Waals surface area contributed by atoms with E-state index in [1.165, 1.54) is 15.6 Å². The molecule has 0 aliphatic rings. The monoisotopic (exact) mass is 331 g/mol. The van der Waals surface area contributed by atoms with E-state index < -0.39 is 8.07 Å². The van der Waals surface area contributed by atoms with E-state index >= 15 is 0 Å². The minimum Gasteiger partial charge on any atom is -0.508 e. The van der Waals surface area contributed by atoms with Crippen molar-refractivity contribution in [2.45, 2.75) is 38.8 Å². The average Bonchev–Trinajstić information content (AvgIpc) is 2.45. The van der Waals surface area contributed by atoms with E-state index in [2.05, 4.69) is 39.1 Å². The molecule has 0 aliphatic heterocycles. The summed E-state index contributed by atoms with van der Waals surface area (Å²) in [7, 11) is -1.52. The van der Waals surface area contributed by atoms with Gasteiger partial charge in [0.2, 0.25) is 0 Å². The van der Waals surface area contributed by atoms with Crippen molar-refractivity contribution in [2.24, 2.45) is 0 Å². The molecule has 0 saturated heterocycles. The predicted molar refractivity (Wildman–Crippen MR) is 101 cm³/mol. The molecule has 0 aliphatic carbocycles. The molecular weight excluding hydrogens is 306 g/mol. The van der Waals surface area contributed by atoms with E-state index in [-0.39, 0.29) is 0 Å². The molecule has 0 fully saturated rings. The summed E-state index contributed by atoms with van der Waals surface area (Å²) in [6, 6.07) is 10.2. The summed E-state index contributed by atoms with van der Waals surface area (Å²) in [5.41, 5.74) is 9.96. The Morgan fingerprint density at radius 1 is 1.05 bits per heavy atom. The molecule has 3 N–H and O–H groups in total. The van der Waals surface area contributed by atoms with Gasteiger partial charge in [-0.15, -0.1) is 11.8 Å². The zero-order chi connectivity index (χ0) is 16.5. The van der Waals surface area contributed by atoms with Gasteiger partial charge in [-0.2, -0.15) is 0 Å². The van der Waals surface area contributed by atoms with Crippen LogP contribution < -0.4 is 10.9 Å². The van der Waals surface area contributed by atoms with Crippen LogP contribution in [0.3, 0.4) is 0 Å². The number of nitrogen functional groups attached to an aromatic ring is 1. The van der Waals surface area contributed by atoms with Crippen molar-refractivity contribution < 1.29 is 5.11 Å². The third-order valence-corrected chi connectivity index (χ3v) is 10.5. The zero-order valence-electron chi connectivity index (χ0n) is 14.0. The van der Waals surface area contributed by atoms with Crippen molar-refractivity contribution in [1.29, 1.82) is 0 Å². The van der Waals surface area contributed by atoms with Crippen LogP contribution in [0.2, 0.25) is 13.1 Å². The first-order valence-corrected chi connectivity index (χ1v) is 11.7. The Hall–Kier alpha value is -1.39. The normalized spacial score (nSPS) is 11.7. The molecule has 0 amide bonds. The van der Waals surface area contributed by atoms with Crippen LogP contribution >= 0.6 is 11.8 Å². The van der Waals surface area contributed by atoms with E-state index in [9.17, 15) is 5.11 Å². The zero-order valence-corrected chi connectivity index (χ0v) is 15.8. The molecule has 4 heteroatoms. The second kappa shape index (κ2) is 6.38. The van der Waals surface area contributed by atoms with Gasteiger partial charge in [-0.3, -0.25) is 0 Å². The first-order valence-electron chi connectivity index (χ1n) is 7.51. The van der Waals surface area contributed by atoms with Crippen molar-refractivity contribution in [1.82, 2.24) is 0 Å². The van der Waals surface area contributed by atoms with E-state index in [4.69, 9.17) is 5.73 Å². The fraction of sp³-hybridized carbons (Fsp3) is 0.333. The lowest BCUT2D eigenvalue weighted by Crippen LogP contribution is -2.44. The van der Waals surface area contributed by atoms with Crippen LogP contribution in [0.25, 0.3) is 0 Å². The van der Waals surface area contributed by atoms with Crippen LogP contribution in [0.1, 0.15) is 16.7 Å². The van der Waals surface area contributed by atoms with Gasteiger partial charge >= 0.3 is 0 Å². The Bertz CT molecular complexity index is 680. The van der Waals surface area contributed by atoms with Crippen molar-refractivity contribution in [2.75, 3.05) is 11.1 Å². The molecule has 2 rings (SSSR count). The number of anilines is 1. The summed E-state index contributed by atoms with van der Waals surface area (Å²) in [6.07, 6.45) is 0. The third-order valence-electron chi connectivity index (χ3n) is 4.27. The number of benzene rings is 2. The highest BCUT2D eigenvalue weighted by Gasteiger charge is 2.24. The molecule has 0 saturated carbocycles. The molecule has 22 heavy (non-hydrogen) atoms. The Morgan fingerprint density at radius 3 is 2.23 bits per heavy atom. The van der Waals surface area contributed by atoms with Crippen molar-refractivity contribution in [3.8, 4) is 5.75 Å². The van der Waals surface area contributed by atoms with Crippen LogP contribution in [-0.4, -0.2) is 18.6 Å². The minimum absolute atomic E-state index is 0.398. The summed E-state index contributed by atoms with van der Waals surface area (Å²) in [6.45, 7) is 10.9. The average molecular weight is 332 g/mol. The van der Waals surface area contributed by atoms with E-state index in [1.807, 2.05) is 36.9 Å². The van der Waals surface area contributed by atoms with Crippen molar-refractivity contribution in [3.05, 3.63) is 47.0 Å². The first-order chi connectivity index (χ1) is 10.2. The highest BCUT2D eigenvalue weighted by Crippen LogP contribution is 2.34. The van der Waals surface area contributed by atoms with E-state index in [0.717, 1.165) is 22.2 Å². The Kier molecular flexibility index (Phi) is 4.92. The van der Waals surface area contributed by atoms with Gasteiger partial charge < -0.3 is 10.8 Å². The number of hydrogen-bond donors (Lipinski definition) is 2. The van der Waals surface area contributed by atoms with Crippen LogP contribution in [0.5, 0.6) is 5.75 Å². The van der Waals surface area contributed by atoms with Gasteiger partial charge in [-0.05, 0) is 61.0 Å². The van der Waals surface area contributed by atoms with Gasteiger partial charge in [0.1, 0.15) is 5.75 Å².